The van der Waals surface area contributed by atoms with Crippen molar-refractivity contribution in [1.82, 2.24) is 9.80 Å². The quantitative estimate of drug-likeness (QED) is 0.786. The van der Waals surface area contributed by atoms with E-state index in [0.717, 1.165) is 19.4 Å². The van der Waals surface area contributed by atoms with Gasteiger partial charge >= 0.3 is 12.0 Å². The largest absolute Gasteiger partial charge is 0.480 e. The highest BCUT2D eigenvalue weighted by Crippen LogP contribution is 2.35. The van der Waals surface area contributed by atoms with Gasteiger partial charge in [0.25, 0.3) is 0 Å². The fraction of sp³-hybridized carbons (Fsp3) is 0.733. The van der Waals surface area contributed by atoms with E-state index in [1.807, 2.05) is 4.90 Å². The molecule has 0 aromatic heterocycles. The summed E-state index contributed by atoms with van der Waals surface area (Å²) in [5, 5.41) is 8.93. The Balaban J connectivity index is 2.04. The van der Waals surface area contributed by atoms with Crippen LogP contribution in [0, 0.1) is 5.92 Å². The highest BCUT2D eigenvalue weighted by Gasteiger charge is 2.37. The molecule has 0 aromatic rings. The molecular weight excluding hydrogens is 256 g/mol. The molecule has 2 fully saturated rings. The lowest BCUT2D eigenvalue weighted by Gasteiger charge is -2.33. The number of likely N-dealkylation sites (tertiary alicyclic amines) is 1. The average Bonchev–Trinajstić information content (AvgIpc) is 3.07. The average molecular weight is 280 g/mol. The molecule has 1 atom stereocenters. The van der Waals surface area contributed by atoms with Crippen molar-refractivity contribution >= 4 is 12.0 Å². The molecule has 0 aromatic carbocycles. The second kappa shape index (κ2) is 6.77. The van der Waals surface area contributed by atoms with Crippen LogP contribution in [0.3, 0.4) is 0 Å². The maximum atomic E-state index is 12.6. The fourth-order valence-electron chi connectivity index (χ4n) is 3.57. The van der Waals surface area contributed by atoms with E-state index in [1.165, 1.54) is 30.6 Å². The molecule has 2 aliphatic rings. The topological polar surface area (TPSA) is 60.9 Å². The smallest absolute Gasteiger partial charge is 0.323 e. The number of rotatable bonds is 5. The van der Waals surface area contributed by atoms with Gasteiger partial charge in [-0.1, -0.05) is 18.9 Å². The summed E-state index contributed by atoms with van der Waals surface area (Å²) in [5.41, 5.74) is 0. The molecule has 2 rings (SSSR count). The number of carboxylic acid groups (broad SMARTS) is 1. The van der Waals surface area contributed by atoms with E-state index in [2.05, 4.69) is 6.58 Å². The third-order valence-electron chi connectivity index (χ3n) is 4.44. The zero-order valence-electron chi connectivity index (χ0n) is 12.0. The highest BCUT2D eigenvalue weighted by molar-refractivity contribution is 5.80. The van der Waals surface area contributed by atoms with Gasteiger partial charge in [-0.2, -0.15) is 0 Å². The lowest BCUT2D eigenvalue weighted by atomic mass is 9.96. The predicted molar refractivity (Wildman–Crippen MR) is 76.5 cm³/mol. The minimum atomic E-state index is -0.975. The van der Waals surface area contributed by atoms with Crippen LogP contribution < -0.4 is 0 Å². The molecule has 1 saturated heterocycles. The zero-order chi connectivity index (χ0) is 14.5. The molecule has 1 heterocycles. The molecule has 0 radical (unpaired) electrons. The SMILES string of the molecule is C=CCN(CC(=O)O)C(=O)N1CCCC1C1CCCC1. The van der Waals surface area contributed by atoms with E-state index in [4.69, 9.17) is 5.11 Å². The van der Waals surface area contributed by atoms with E-state index >= 15 is 0 Å². The first-order valence-corrected chi connectivity index (χ1v) is 7.51. The number of nitrogens with zero attached hydrogens (tertiary/aromatic N) is 2. The van der Waals surface area contributed by atoms with Gasteiger partial charge in [0.15, 0.2) is 0 Å². The summed E-state index contributed by atoms with van der Waals surface area (Å²) in [7, 11) is 0. The molecule has 1 unspecified atom stereocenters. The fourth-order valence-corrected chi connectivity index (χ4v) is 3.57. The normalized spacial score (nSPS) is 23.0. The van der Waals surface area contributed by atoms with Gasteiger partial charge < -0.3 is 14.9 Å². The molecule has 20 heavy (non-hydrogen) atoms. The number of hydrogen-bond acceptors (Lipinski definition) is 2. The van der Waals surface area contributed by atoms with E-state index in [1.54, 1.807) is 6.08 Å². The maximum Gasteiger partial charge on any atom is 0.323 e. The monoisotopic (exact) mass is 280 g/mol. The summed E-state index contributed by atoms with van der Waals surface area (Å²) in [4.78, 5) is 26.8. The van der Waals surface area contributed by atoms with Gasteiger partial charge in [0, 0.05) is 19.1 Å². The molecule has 1 aliphatic heterocycles. The minimum absolute atomic E-state index is 0.137. The van der Waals surface area contributed by atoms with Crippen molar-refractivity contribution in [3.05, 3.63) is 12.7 Å². The van der Waals surface area contributed by atoms with Crippen molar-refractivity contribution in [3.63, 3.8) is 0 Å². The first kappa shape index (κ1) is 14.9. The molecule has 1 N–H and O–H groups in total. The number of carbonyl (C=O) groups excluding carboxylic acids is 1. The van der Waals surface area contributed by atoms with Gasteiger partial charge in [0.05, 0.1) is 0 Å². The van der Waals surface area contributed by atoms with Gasteiger partial charge in [-0.05, 0) is 31.6 Å². The third-order valence-corrected chi connectivity index (χ3v) is 4.44. The zero-order valence-corrected chi connectivity index (χ0v) is 12.0. The Kier molecular flexibility index (Phi) is 5.04. The maximum absolute atomic E-state index is 12.6. The van der Waals surface area contributed by atoms with E-state index in [9.17, 15) is 9.59 Å². The van der Waals surface area contributed by atoms with Crippen molar-refractivity contribution in [2.24, 2.45) is 5.92 Å². The number of carbonyl (C=O) groups is 2. The molecule has 1 saturated carbocycles. The number of urea groups is 1. The summed E-state index contributed by atoms with van der Waals surface area (Å²) in [5.74, 6) is -0.367. The Morgan fingerprint density at radius 1 is 1.25 bits per heavy atom. The van der Waals surface area contributed by atoms with Crippen molar-refractivity contribution < 1.29 is 14.7 Å². The van der Waals surface area contributed by atoms with Crippen LogP contribution in [0.1, 0.15) is 38.5 Å². The van der Waals surface area contributed by atoms with E-state index < -0.39 is 5.97 Å². The molecular formula is C15H24N2O3. The van der Waals surface area contributed by atoms with Crippen LogP contribution in [0.25, 0.3) is 0 Å². The Morgan fingerprint density at radius 3 is 2.55 bits per heavy atom. The Bertz CT molecular complexity index is 377. The Morgan fingerprint density at radius 2 is 1.95 bits per heavy atom. The Labute approximate surface area is 120 Å². The van der Waals surface area contributed by atoms with Crippen LogP contribution >= 0.6 is 0 Å². The van der Waals surface area contributed by atoms with Crippen LogP contribution in [0.4, 0.5) is 4.79 Å². The van der Waals surface area contributed by atoms with Crippen molar-refractivity contribution in [1.29, 1.82) is 0 Å². The second-order valence-electron chi connectivity index (χ2n) is 5.79. The number of hydrogen-bond donors (Lipinski definition) is 1. The predicted octanol–water partition coefficient (Wildman–Crippen LogP) is 2.33. The van der Waals surface area contributed by atoms with Gasteiger partial charge in [-0.15, -0.1) is 6.58 Å². The summed E-state index contributed by atoms with van der Waals surface area (Å²) >= 11 is 0. The van der Waals surface area contributed by atoms with E-state index in [0.29, 0.717) is 18.5 Å². The minimum Gasteiger partial charge on any atom is -0.480 e. The first-order valence-electron chi connectivity index (χ1n) is 7.51. The molecule has 5 nitrogen and oxygen atoms in total. The lowest BCUT2D eigenvalue weighted by Crippen LogP contribution is -2.49. The van der Waals surface area contributed by atoms with Crippen LogP contribution in [0.2, 0.25) is 0 Å². The molecule has 2 amide bonds. The molecule has 5 heteroatoms. The van der Waals surface area contributed by atoms with Crippen LogP contribution in [-0.2, 0) is 4.79 Å². The third kappa shape index (κ3) is 3.32. The first-order chi connectivity index (χ1) is 9.63. The lowest BCUT2D eigenvalue weighted by molar-refractivity contribution is -0.137. The van der Waals surface area contributed by atoms with Crippen LogP contribution in [0.5, 0.6) is 0 Å². The molecule has 0 bridgehead atoms. The van der Waals surface area contributed by atoms with Gasteiger partial charge in [0.2, 0.25) is 0 Å². The van der Waals surface area contributed by atoms with E-state index in [-0.39, 0.29) is 12.6 Å². The highest BCUT2D eigenvalue weighted by atomic mass is 16.4. The molecule has 0 spiro atoms. The Hall–Kier alpha value is -1.52. The summed E-state index contributed by atoms with van der Waals surface area (Å²) in [6.45, 7) is 4.40. The molecule has 1 aliphatic carbocycles. The van der Waals surface area contributed by atoms with Gasteiger partial charge in [0.1, 0.15) is 6.54 Å². The van der Waals surface area contributed by atoms with Crippen molar-refractivity contribution in [2.75, 3.05) is 19.6 Å². The second-order valence-corrected chi connectivity index (χ2v) is 5.79. The molecule has 112 valence electrons. The van der Waals surface area contributed by atoms with Gasteiger partial charge in [-0.25, -0.2) is 4.79 Å². The van der Waals surface area contributed by atoms with Crippen LogP contribution in [0.15, 0.2) is 12.7 Å². The summed E-state index contributed by atoms with van der Waals surface area (Å²) < 4.78 is 0. The van der Waals surface area contributed by atoms with Gasteiger partial charge in [-0.3, -0.25) is 4.79 Å². The van der Waals surface area contributed by atoms with Crippen molar-refractivity contribution in [3.8, 4) is 0 Å². The summed E-state index contributed by atoms with van der Waals surface area (Å²) in [6, 6.07) is 0.174. The van der Waals surface area contributed by atoms with Crippen LogP contribution in [-0.4, -0.2) is 52.6 Å². The van der Waals surface area contributed by atoms with Crippen molar-refractivity contribution in [2.45, 2.75) is 44.6 Å². The number of carboxylic acids is 1. The summed E-state index contributed by atoms with van der Waals surface area (Å²) in [6.07, 6.45) is 8.60. The number of amides is 2. The standard InChI is InChI=1S/C15H24N2O3/c1-2-9-16(11-14(18)19)15(20)17-10-5-8-13(17)12-6-3-4-7-12/h2,12-13H,1,3-11H2,(H,18,19). The number of aliphatic carboxylic acids is 1.